The van der Waals surface area contributed by atoms with Gasteiger partial charge in [-0.15, -0.1) is 0 Å². The zero-order valence-corrected chi connectivity index (χ0v) is 9.66. The van der Waals surface area contributed by atoms with Crippen molar-refractivity contribution in [3.8, 4) is 0 Å². The number of esters is 1. The molecule has 0 aliphatic carbocycles. The van der Waals surface area contributed by atoms with Gasteiger partial charge in [-0.2, -0.15) is 0 Å². The van der Waals surface area contributed by atoms with E-state index in [4.69, 9.17) is 10.5 Å². The molecule has 0 rings (SSSR count). The minimum atomic E-state index is -0.519. The van der Waals surface area contributed by atoms with Crippen LogP contribution < -0.4 is 5.73 Å². The van der Waals surface area contributed by atoms with Crippen LogP contribution in [0.3, 0.4) is 0 Å². The number of hydrogen-bond acceptors (Lipinski definition) is 4. The third-order valence-corrected chi connectivity index (χ3v) is 1.96. The van der Waals surface area contributed by atoms with Crippen LogP contribution in [0.5, 0.6) is 0 Å². The Morgan fingerprint density at radius 2 is 2.00 bits per heavy atom. The molecule has 0 aromatic heterocycles. The first-order valence-electron chi connectivity index (χ1n) is 5.19. The number of amides is 1. The number of ether oxygens (including phenoxy) is 1. The van der Waals surface area contributed by atoms with E-state index in [0.717, 1.165) is 6.42 Å². The molecule has 88 valence electrons. The summed E-state index contributed by atoms with van der Waals surface area (Å²) in [4.78, 5) is 24.0. The molecule has 15 heavy (non-hydrogen) atoms. The van der Waals surface area contributed by atoms with Gasteiger partial charge in [-0.05, 0) is 13.3 Å². The molecule has 0 aromatic carbocycles. The van der Waals surface area contributed by atoms with Gasteiger partial charge in [0.1, 0.15) is 6.54 Å². The molecule has 2 N–H and O–H groups in total. The summed E-state index contributed by atoms with van der Waals surface area (Å²) in [6, 6.07) is -0.519. The Kier molecular flexibility index (Phi) is 6.70. The third-order valence-electron chi connectivity index (χ3n) is 1.96. The van der Waals surface area contributed by atoms with Gasteiger partial charge >= 0.3 is 5.97 Å². The molecule has 5 nitrogen and oxygen atoms in total. The summed E-state index contributed by atoms with van der Waals surface area (Å²) in [6.45, 7) is 3.97. The van der Waals surface area contributed by atoms with E-state index in [9.17, 15) is 9.59 Å². The summed E-state index contributed by atoms with van der Waals surface area (Å²) in [5, 5.41) is 0. The fourth-order valence-electron chi connectivity index (χ4n) is 1.20. The zero-order valence-electron chi connectivity index (χ0n) is 9.66. The molecule has 0 fully saturated rings. The van der Waals surface area contributed by atoms with Crippen LogP contribution in [0.4, 0.5) is 0 Å². The van der Waals surface area contributed by atoms with Crippen molar-refractivity contribution in [2.24, 2.45) is 5.73 Å². The summed E-state index contributed by atoms with van der Waals surface area (Å²) < 4.78 is 4.73. The van der Waals surface area contributed by atoms with E-state index in [0.29, 0.717) is 13.0 Å². The van der Waals surface area contributed by atoms with Gasteiger partial charge in [-0.25, -0.2) is 0 Å². The molecule has 1 atom stereocenters. The van der Waals surface area contributed by atoms with Gasteiger partial charge in [0, 0.05) is 7.05 Å². The monoisotopic (exact) mass is 216 g/mol. The van der Waals surface area contributed by atoms with Crippen molar-refractivity contribution in [1.82, 2.24) is 4.90 Å². The smallest absolute Gasteiger partial charge is 0.325 e. The molecular formula is C10H20N2O3. The summed E-state index contributed by atoms with van der Waals surface area (Å²) in [6.07, 6.45) is 1.48. The van der Waals surface area contributed by atoms with E-state index < -0.39 is 12.0 Å². The second-order valence-electron chi connectivity index (χ2n) is 3.39. The van der Waals surface area contributed by atoms with Crippen LogP contribution >= 0.6 is 0 Å². The molecule has 0 radical (unpaired) electrons. The van der Waals surface area contributed by atoms with Crippen molar-refractivity contribution in [3.63, 3.8) is 0 Å². The fraction of sp³-hybridized carbons (Fsp3) is 0.800. The maximum Gasteiger partial charge on any atom is 0.325 e. The SMILES string of the molecule is CCCC(N)C(=O)N(C)CC(=O)OCC. The van der Waals surface area contributed by atoms with Crippen molar-refractivity contribution in [2.75, 3.05) is 20.2 Å². The standard InChI is InChI=1S/C10H20N2O3/c1-4-6-8(11)10(14)12(3)7-9(13)15-5-2/h8H,4-7,11H2,1-3H3. The van der Waals surface area contributed by atoms with E-state index >= 15 is 0 Å². The molecule has 0 heterocycles. The summed E-state index contributed by atoms with van der Waals surface area (Å²) in [5.74, 6) is -0.623. The van der Waals surface area contributed by atoms with E-state index in [-0.39, 0.29) is 12.5 Å². The topological polar surface area (TPSA) is 72.6 Å². The second kappa shape index (κ2) is 7.23. The van der Waals surface area contributed by atoms with Gasteiger partial charge < -0.3 is 15.4 Å². The molecule has 5 heteroatoms. The van der Waals surface area contributed by atoms with Crippen LogP contribution in [0.2, 0.25) is 0 Å². The van der Waals surface area contributed by atoms with Crippen molar-refractivity contribution < 1.29 is 14.3 Å². The molecule has 0 aromatic rings. The van der Waals surface area contributed by atoms with Crippen LogP contribution in [0, 0.1) is 0 Å². The maximum absolute atomic E-state index is 11.6. The van der Waals surface area contributed by atoms with Gasteiger partial charge in [-0.3, -0.25) is 9.59 Å². The molecule has 1 amide bonds. The van der Waals surface area contributed by atoms with Crippen molar-refractivity contribution in [3.05, 3.63) is 0 Å². The van der Waals surface area contributed by atoms with Gasteiger partial charge in [0.2, 0.25) is 5.91 Å². The quantitative estimate of drug-likeness (QED) is 0.641. The van der Waals surface area contributed by atoms with Crippen molar-refractivity contribution >= 4 is 11.9 Å². The van der Waals surface area contributed by atoms with Crippen LogP contribution in [-0.2, 0) is 14.3 Å². The maximum atomic E-state index is 11.6. The summed E-state index contributed by atoms with van der Waals surface area (Å²) >= 11 is 0. The first-order valence-corrected chi connectivity index (χ1v) is 5.19. The minimum Gasteiger partial charge on any atom is -0.465 e. The summed E-state index contributed by atoms with van der Waals surface area (Å²) in [7, 11) is 1.55. The first-order chi connectivity index (χ1) is 7.02. The van der Waals surface area contributed by atoms with Crippen LogP contribution in [0.15, 0.2) is 0 Å². The lowest BCUT2D eigenvalue weighted by molar-refractivity contribution is -0.148. The molecule has 0 saturated heterocycles. The van der Waals surface area contributed by atoms with Gasteiger partial charge in [0.05, 0.1) is 12.6 Å². The van der Waals surface area contributed by atoms with Crippen LogP contribution in [0.25, 0.3) is 0 Å². The van der Waals surface area contributed by atoms with Crippen LogP contribution in [0.1, 0.15) is 26.7 Å². The summed E-state index contributed by atoms with van der Waals surface area (Å²) in [5.41, 5.74) is 5.64. The minimum absolute atomic E-state index is 0.0376. The predicted octanol–water partition coefficient (Wildman–Crippen LogP) is 0.135. The largest absolute Gasteiger partial charge is 0.465 e. The van der Waals surface area contributed by atoms with Gasteiger partial charge in [0.25, 0.3) is 0 Å². The number of carbonyl (C=O) groups excluding carboxylic acids is 2. The number of hydrogen-bond donors (Lipinski definition) is 1. The molecular weight excluding hydrogens is 196 g/mol. The number of likely N-dealkylation sites (N-methyl/N-ethyl adjacent to an activating group) is 1. The van der Waals surface area contributed by atoms with Crippen LogP contribution in [-0.4, -0.2) is 43.0 Å². The highest BCUT2D eigenvalue weighted by Crippen LogP contribution is 1.98. The molecule has 0 saturated carbocycles. The first kappa shape index (κ1) is 13.9. The fourth-order valence-corrected chi connectivity index (χ4v) is 1.20. The number of rotatable bonds is 6. The number of nitrogens with zero attached hydrogens (tertiary/aromatic N) is 1. The number of carbonyl (C=O) groups is 2. The van der Waals surface area contributed by atoms with Gasteiger partial charge in [-0.1, -0.05) is 13.3 Å². The molecule has 0 aliphatic rings. The lowest BCUT2D eigenvalue weighted by atomic mass is 10.1. The third kappa shape index (κ3) is 5.37. The van der Waals surface area contributed by atoms with Crippen molar-refractivity contribution in [2.45, 2.75) is 32.7 Å². The lowest BCUT2D eigenvalue weighted by Gasteiger charge is -2.19. The Balaban J connectivity index is 4.03. The molecule has 0 aliphatic heterocycles. The van der Waals surface area contributed by atoms with Gasteiger partial charge in [0.15, 0.2) is 0 Å². The highest BCUT2D eigenvalue weighted by Gasteiger charge is 2.19. The van der Waals surface area contributed by atoms with E-state index in [2.05, 4.69) is 0 Å². The second-order valence-corrected chi connectivity index (χ2v) is 3.39. The Morgan fingerprint density at radius 1 is 1.40 bits per heavy atom. The Morgan fingerprint density at radius 3 is 2.47 bits per heavy atom. The van der Waals surface area contributed by atoms with E-state index in [1.54, 1.807) is 14.0 Å². The zero-order chi connectivity index (χ0) is 11.8. The molecule has 0 bridgehead atoms. The average molecular weight is 216 g/mol. The van der Waals surface area contributed by atoms with Crippen molar-refractivity contribution in [1.29, 1.82) is 0 Å². The average Bonchev–Trinajstić information content (AvgIpc) is 2.17. The number of nitrogens with two attached hydrogens (primary N) is 1. The highest BCUT2D eigenvalue weighted by atomic mass is 16.5. The Bertz CT molecular complexity index is 219. The lowest BCUT2D eigenvalue weighted by Crippen LogP contribution is -2.43. The van der Waals surface area contributed by atoms with E-state index in [1.807, 2.05) is 6.92 Å². The van der Waals surface area contributed by atoms with E-state index in [1.165, 1.54) is 4.90 Å². The normalized spacial score (nSPS) is 12.0. The Hall–Kier alpha value is -1.10. The molecule has 1 unspecified atom stereocenters. The predicted molar refractivity (Wildman–Crippen MR) is 57.2 cm³/mol. The molecule has 0 spiro atoms. The highest BCUT2D eigenvalue weighted by molar-refractivity contribution is 5.85. The Labute approximate surface area is 90.6 Å².